The van der Waals surface area contributed by atoms with Gasteiger partial charge in [-0.25, -0.2) is 0 Å². The van der Waals surface area contributed by atoms with Gasteiger partial charge in [0.15, 0.2) is 0 Å². The molecule has 18 heavy (non-hydrogen) atoms. The zero-order valence-electron chi connectivity index (χ0n) is 10.6. The molecule has 0 aliphatic carbocycles. The lowest BCUT2D eigenvalue weighted by atomic mass is 10.1. The Morgan fingerprint density at radius 2 is 2.22 bits per heavy atom. The molecule has 1 amide bonds. The Labute approximate surface area is 111 Å². The number of aliphatic hydroxyl groups excluding tert-OH is 1. The highest BCUT2D eigenvalue weighted by Gasteiger charge is 2.41. The topological polar surface area (TPSA) is 66.6 Å². The molecule has 0 fully saturated rings. The van der Waals surface area contributed by atoms with Gasteiger partial charge in [0.2, 0.25) is 5.91 Å². The second-order valence-corrected chi connectivity index (χ2v) is 6.14. The van der Waals surface area contributed by atoms with Crippen LogP contribution in [0.15, 0.2) is 23.1 Å². The van der Waals surface area contributed by atoms with Gasteiger partial charge in [-0.1, -0.05) is 6.92 Å². The number of carbonyl (C=O) groups is 1. The van der Waals surface area contributed by atoms with Crippen LogP contribution in [0, 0.1) is 0 Å². The first-order valence-corrected chi connectivity index (χ1v) is 6.85. The zero-order valence-corrected chi connectivity index (χ0v) is 11.5. The fourth-order valence-electron chi connectivity index (χ4n) is 2.06. The van der Waals surface area contributed by atoms with E-state index < -0.39 is 4.75 Å². The van der Waals surface area contributed by atoms with Gasteiger partial charge in [-0.2, -0.15) is 0 Å². The van der Waals surface area contributed by atoms with Crippen LogP contribution in [0.4, 0.5) is 11.4 Å². The van der Waals surface area contributed by atoms with Crippen LogP contribution in [0.2, 0.25) is 0 Å². The predicted molar refractivity (Wildman–Crippen MR) is 74.8 cm³/mol. The largest absolute Gasteiger partial charge is 0.399 e. The minimum Gasteiger partial charge on any atom is -0.399 e. The molecule has 1 atom stereocenters. The number of rotatable bonds is 3. The van der Waals surface area contributed by atoms with E-state index in [1.165, 1.54) is 0 Å². The molecule has 5 heteroatoms. The summed E-state index contributed by atoms with van der Waals surface area (Å²) < 4.78 is -0.476. The van der Waals surface area contributed by atoms with Gasteiger partial charge in [0.25, 0.3) is 0 Å². The van der Waals surface area contributed by atoms with Crippen molar-refractivity contribution in [3.8, 4) is 0 Å². The second-order valence-electron chi connectivity index (χ2n) is 4.59. The summed E-state index contributed by atoms with van der Waals surface area (Å²) in [6.45, 7) is 4.22. The summed E-state index contributed by atoms with van der Waals surface area (Å²) in [5.41, 5.74) is 7.34. The molecule has 0 bridgehead atoms. The van der Waals surface area contributed by atoms with E-state index in [0.29, 0.717) is 12.2 Å². The highest BCUT2D eigenvalue weighted by atomic mass is 32.2. The molecule has 4 nitrogen and oxygen atoms in total. The number of anilines is 2. The Morgan fingerprint density at radius 3 is 2.83 bits per heavy atom. The summed E-state index contributed by atoms with van der Waals surface area (Å²) >= 11 is 1.56. The monoisotopic (exact) mass is 266 g/mol. The third kappa shape index (κ3) is 2.08. The molecule has 0 saturated heterocycles. The molecule has 1 heterocycles. The number of hydrogen-bond donors (Lipinski definition) is 2. The van der Waals surface area contributed by atoms with Crippen molar-refractivity contribution in [3.63, 3.8) is 0 Å². The molecule has 1 aromatic carbocycles. The van der Waals surface area contributed by atoms with Crippen molar-refractivity contribution < 1.29 is 9.90 Å². The van der Waals surface area contributed by atoms with Crippen molar-refractivity contribution in [2.45, 2.75) is 29.9 Å². The lowest BCUT2D eigenvalue weighted by Crippen LogP contribution is -2.48. The van der Waals surface area contributed by atoms with E-state index in [-0.39, 0.29) is 12.5 Å². The summed E-state index contributed by atoms with van der Waals surface area (Å²) in [5.74, 6) is 0.0568. The van der Waals surface area contributed by atoms with E-state index >= 15 is 0 Å². The second kappa shape index (κ2) is 4.82. The van der Waals surface area contributed by atoms with Gasteiger partial charge in [-0.15, -0.1) is 11.8 Å². The van der Waals surface area contributed by atoms with E-state index in [1.54, 1.807) is 22.7 Å². The van der Waals surface area contributed by atoms with Crippen molar-refractivity contribution in [2.24, 2.45) is 0 Å². The SMILES string of the molecule is CCC1(C)Sc2cc(N)ccc2N(CCO)C1=O. The maximum Gasteiger partial charge on any atom is 0.243 e. The van der Waals surface area contributed by atoms with Crippen LogP contribution in [0.5, 0.6) is 0 Å². The Hall–Kier alpha value is -1.20. The van der Waals surface area contributed by atoms with Gasteiger partial charge in [0, 0.05) is 17.1 Å². The molecule has 1 aromatic rings. The molecule has 0 aromatic heterocycles. The standard InChI is InChI=1S/C13H18N2O2S/c1-3-13(2)12(17)15(6-7-16)10-5-4-9(14)8-11(10)18-13/h4-5,8,16H,3,6-7,14H2,1-2H3. The summed E-state index contributed by atoms with van der Waals surface area (Å²) in [4.78, 5) is 15.1. The Balaban J connectivity index is 2.50. The minimum atomic E-state index is -0.476. The van der Waals surface area contributed by atoms with Gasteiger partial charge in [0.05, 0.1) is 17.0 Å². The van der Waals surface area contributed by atoms with Gasteiger partial charge < -0.3 is 15.7 Å². The number of amides is 1. The Morgan fingerprint density at radius 1 is 1.50 bits per heavy atom. The molecule has 1 unspecified atom stereocenters. The van der Waals surface area contributed by atoms with Crippen LogP contribution < -0.4 is 10.6 Å². The van der Waals surface area contributed by atoms with Gasteiger partial charge in [0.1, 0.15) is 0 Å². The van der Waals surface area contributed by atoms with Crippen molar-refractivity contribution in [2.75, 3.05) is 23.8 Å². The van der Waals surface area contributed by atoms with Gasteiger partial charge in [-0.05, 0) is 31.5 Å². The fourth-order valence-corrected chi connectivity index (χ4v) is 3.37. The smallest absolute Gasteiger partial charge is 0.243 e. The number of β-amino-alcohol motifs (C(OH)–C–C–N with tert-alkyl or cyclic N) is 1. The third-order valence-corrected chi connectivity index (χ3v) is 4.77. The molecule has 0 radical (unpaired) electrons. The van der Waals surface area contributed by atoms with E-state index in [4.69, 9.17) is 10.8 Å². The van der Waals surface area contributed by atoms with Crippen LogP contribution in [-0.2, 0) is 4.79 Å². The average molecular weight is 266 g/mol. The number of nitrogen functional groups attached to an aromatic ring is 1. The zero-order chi connectivity index (χ0) is 13.3. The first kappa shape index (κ1) is 13.2. The third-order valence-electron chi connectivity index (χ3n) is 3.31. The van der Waals surface area contributed by atoms with E-state index in [9.17, 15) is 4.79 Å². The molecule has 1 aliphatic rings. The molecule has 0 spiro atoms. The number of thioether (sulfide) groups is 1. The van der Waals surface area contributed by atoms with Crippen LogP contribution in [-0.4, -0.2) is 28.9 Å². The minimum absolute atomic E-state index is 0.0416. The highest BCUT2D eigenvalue weighted by Crippen LogP contribution is 2.47. The number of nitrogens with zero attached hydrogens (tertiary/aromatic N) is 1. The summed E-state index contributed by atoms with van der Waals surface area (Å²) in [7, 11) is 0. The van der Waals surface area contributed by atoms with Crippen LogP contribution in [0.25, 0.3) is 0 Å². The van der Waals surface area contributed by atoms with E-state index in [2.05, 4.69) is 0 Å². The van der Waals surface area contributed by atoms with Crippen molar-refractivity contribution in [1.82, 2.24) is 0 Å². The fraction of sp³-hybridized carbons (Fsp3) is 0.462. The summed E-state index contributed by atoms with van der Waals surface area (Å²) in [6.07, 6.45) is 0.743. The molecule has 98 valence electrons. The van der Waals surface area contributed by atoms with E-state index in [0.717, 1.165) is 17.0 Å². The average Bonchev–Trinajstić information content (AvgIpc) is 2.35. The first-order chi connectivity index (χ1) is 8.51. The highest BCUT2D eigenvalue weighted by molar-refractivity contribution is 8.01. The van der Waals surface area contributed by atoms with Crippen molar-refractivity contribution >= 4 is 29.0 Å². The predicted octanol–water partition coefficient (Wildman–Crippen LogP) is 1.87. The van der Waals surface area contributed by atoms with E-state index in [1.807, 2.05) is 26.0 Å². The van der Waals surface area contributed by atoms with Gasteiger partial charge >= 0.3 is 0 Å². The quantitative estimate of drug-likeness (QED) is 0.820. The van der Waals surface area contributed by atoms with Gasteiger partial charge in [-0.3, -0.25) is 4.79 Å². The van der Waals surface area contributed by atoms with Crippen molar-refractivity contribution in [1.29, 1.82) is 0 Å². The number of aliphatic hydroxyl groups is 1. The molecule has 2 rings (SSSR count). The molecular formula is C13H18N2O2S. The van der Waals surface area contributed by atoms with Crippen LogP contribution >= 0.6 is 11.8 Å². The number of benzene rings is 1. The number of fused-ring (bicyclic) bond motifs is 1. The summed E-state index contributed by atoms with van der Waals surface area (Å²) in [5, 5.41) is 9.13. The first-order valence-electron chi connectivity index (χ1n) is 6.03. The Kier molecular flexibility index (Phi) is 3.54. The lowest BCUT2D eigenvalue weighted by molar-refractivity contribution is -0.120. The maximum atomic E-state index is 12.5. The normalized spacial score (nSPS) is 23.1. The van der Waals surface area contributed by atoms with Crippen LogP contribution in [0.3, 0.4) is 0 Å². The molecule has 3 N–H and O–H groups in total. The number of carbonyl (C=O) groups excluding carboxylic acids is 1. The lowest BCUT2D eigenvalue weighted by Gasteiger charge is -2.39. The van der Waals surface area contributed by atoms with Crippen LogP contribution in [0.1, 0.15) is 20.3 Å². The maximum absolute atomic E-state index is 12.5. The van der Waals surface area contributed by atoms with Crippen molar-refractivity contribution in [3.05, 3.63) is 18.2 Å². The molecule has 1 aliphatic heterocycles. The number of hydrogen-bond acceptors (Lipinski definition) is 4. The number of nitrogens with two attached hydrogens (primary N) is 1. The Bertz CT molecular complexity index is 478. The molecule has 0 saturated carbocycles. The summed E-state index contributed by atoms with van der Waals surface area (Å²) in [6, 6.07) is 5.52. The molecular weight excluding hydrogens is 248 g/mol.